The molecule has 7 aromatic heterocycles. The van der Waals surface area contributed by atoms with Gasteiger partial charge in [-0.2, -0.15) is 0 Å². The van der Waals surface area contributed by atoms with Crippen molar-refractivity contribution in [1.82, 2.24) is 34.3 Å². The number of benzene rings is 5. The Bertz CT molecular complexity index is 4570. The molecule has 572 valence electrons. The van der Waals surface area contributed by atoms with Gasteiger partial charge in [-0.1, -0.05) is 248 Å². The van der Waals surface area contributed by atoms with E-state index in [-0.39, 0.29) is 0 Å². The molecule has 0 amide bonds. The Hall–Kier alpha value is -9.72. The maximum absolute atomic E-state index is 4.29. The highest BCUT2D eigenvalue weighted by molar-refractivity contribution is 5.89. The quantitative estimate of drug-likeness (QED) is 0.150. The Morgan fingerprint density at radius 1 is 0.252 bits per heavy atom. The predicted molar refractivity (Wildman–Crippen MR) is 479 cm³/mol. The minimum atomic E-state index is 1.03. The number of nitrogens with zero attached hydrogens (tertiary/aromatic N) is 7. The van der Waals surface area contributed by atoms with Crippen molar-refractivity contribution in [1.29, 1.82) is 0 Å². The SMILES string of the molecule is CC.CC.CC.CC.CC.CC.CC.CC.CC1=c2c(C)cccc2=CC1.CC1=c2c(C)ccnc2=CC1.CC1=c2c(C)cncc2=CC1.CC1=c2c(C)nccc2=CC1.Cc1cccc2cccc(C)c12.Cc1cccc2ccnc(C)c12.Cc1cccc2cncc(C)c12.Cc1ccnc2ccc(C)n12. The maximum atomic E-state index is 4.29. The molecule has 0 radical (unpaired) electrons. The fourth-order valence-electron chi connectivity index (χ4n) is 13.2. The molecule has 0 N–H and O–H groups in total. The Morgan fingerprint density at radius 2 is 0.636 bits per heavy atom. The van der Waals surface area contributed by atoms with E-state index in [0.717, 1.165) is 42.7 Å². The van der Waals surface area contributed by atoms with E-state index in [1.54, 1.807) is 0 Å². The number of fused-ring (bicyclic) bond motifs is 8. The molecule has 7 heterocycles. The molecular formula is C100H137N7. The number of pyridine rings is 5. The van der Waals surface area contributed by atoms with E-state index < -0.39 is 0 Å². The molecule has 107 heavy (non-hydrogen) atoms. The number of aryl methyl sites for hydroxylation is 12. The van der Waals surface area contributed by atoms with Crippen LogP contribution in [-0.4, -0.2) is 34.3 Å². The first-order valence-electron chi connectivity index (χ1n) is 39.9. The topological polar surface area (TPSA) is 81.8 Å². The van der Waals surface area contributed by atoms with Crippen molar-refractivity contribution in [2.75, 3.05) is 0 Å². The first kappa shape index (κ1) is 95.3. The predicted octanol–water partition coefficient (Wildman–Crippen LogP) is 22.9. The number of rotatable bonds is 0. The molecule has 12 aromatic rings. The van der Waals surface area contributed by atoms with Gasteiger partial charge in [0.25, 0.3) is 0 Å². The molecule has 7 nitrogen and oxygen atoms in total. The molecule has 0 saturated heterocycles. The van der Waals surface area contributed by atoms with Crippen molar-refractivity contribution in [3.05, 3.63) is 286 Å². The second kappa shape index (κ2) is 52.3. The van der Waals surface area contributed by atoms with Gasteiger partial charge in [0.15, 0.2) is 0 Å². The summed E-state index contributed by atoms with van der Waals surface area (Å²) in [5.74, 6) is 0. The fourth-order valence-corrected chi connectivity index (χ4v) is 13.2. The summed E-state index contributed by atoms with van der Waals surface area (Å²) in [7, 11) is 0. The summed E-state index contributed by atoms with van der Waals surface area (Å²) in [5, 5.41) is 18.8. The lowest BCUT2D eigenvalue weighted by Gasteiger charge is -2.04. The second-order valence-corrected chi connectivity index (χ2v) is 24.7. The van der Waals surface area contributed by atoms with Gasteiger partial charge < -0.3 is 4.40 Å². The number of aromatic nitrogens is 7. The van der Waals surface area contributed by atoms with Crippen LogP contribution in [0.4, 0.5) is 0 Å². The van der Waals surface area contributed by atoms with E-state index in [0.29, 0.717) is 0 Å². The summed E-state index contributed by atoms with van der Waals surface area (Å²) in [4.78, 5) is 25.3. The summed E-state index contributed by atoms with van der Waals surface area (Å²) in [6.07, 6.45) is 28.6. The molecule has 0 saturated carbocycles. The van der Waals surface area contributed by atoms with Gasteiger partial charge in [-0.25, -0.2) is 4.98 Å². The summed E-state index contributed by atoms with van der Waals surface area (Å²) in [6.45, 7) is 66.2. The van der Waals surface area contributed by atoms with Crippen LogP contribution in [0.2, 0.25) is 0 Å². The van der Waals surface area contributed by atoms with Crippen molar-refractivity contribution >= 4 is 84.6 Å². The van der Waals surface area contributed by atoms with Crippen LogP contribution in [0.3, 0.4) is 0 Å². The minimum Gasteiger partial charge on any atom is -0.303 e. The van der Waals surface area contributed by atoms with Crippen LogP contribution in [0.25, 0.3) is 84.6 Å². The molecule has 5 aromatic carbocycles. The highest BCUT2D eigenvalue weighted by atomic mass is 15.0. The zero-order chi connectivity index (χ0) is 80.9. The van der Waals surface area contributed by atoms with Gasteiger partial charge in [-0.3, -0.25) is 24.9 Å². The average molecular weight is 1440 g/mol. The van der Waals surface area contributed by atoms with Gasteiger partial charge in [0.05, 0.1) is 5.35 Å². The van der Waals surface area contributed by atoms with Gasteiger partial charge in [0.2, 0.25) is 0 Å². The van der Waals surface area contributed by atoms with Gasteiger partial charge in [-0.15, -0.1) is 0 Å². The Kier molecular flexibility index (Phi) is 46.6. The van der Waals surface area contributed by atoms with Crippen LogP contribution in [0.15, 0.2) is 177 Å². The normalized spacial score (nSPS) is 11.1. The lowest BCUT2D eigenvalue weighted by molar-refractivity contribution is 1.01. The molecular weight excluding hydrogens is 1300 g/mol. The van der Waals surface area contributed by atoms with Crippen LogP contribution in [-0.2, 0) is 0 Å². The summed E-state index contributed by atoms with van der Waals surface area (Å²) < 4.78 is 2.14. The molecule has 0 spiro atoms. The molecule has 4 aliphatic rings. The highest BCUT2D eigenvalue weighted by Crippen LogP contribution is 2.23. The second-order valence-electron chi connectivity index (χ2n) is 24.7. The summed E-state index contributed by atoms with van der Waals surface area (Å²) in [5.41, 5.74) is 22.3. The average Bonchev–Trinajstić information content (AvgIpc) is 1.58. The zero-order valence-electron chi connectivity index (χ0n) is 72.5. The smallest absolute Gasteiger partial charge is 0.137 e. The molecule has 0 bridgehead atoms. The maximum Gasteiger partial charge on any atom is 0.137 e. The van der Waals surface area contributed by atoms with Crippen LogP contribution in [0.1, 0.15) is 231 Å². The summed E-state index contributed by atoms with van der Waals surface area (Å²) in [6, 6.07) is 44.3. The molecule has 0 fully saturated rings. The van der Waals surface area contributed by atoms with E-state index in [1.807, 2.05) is 172 Å². The van der Waals surface area contributed by atoms with Crippen molar-refractivity contribution < 1.29 is 0 Å². The minimum absolute atomic E-state index is 1.03. The van der Waals surface area contributed by atoms with E-state index in [1.165, 1.54) is 152 Å². The van der Waals surface area contributed by atoms with Crippen LogP contribution in [0, 0.1) is 83.1 Å². The standard InChI is InChI=1S/C12H12.2C11H11N.C11H12.3C10H11N.C9H10N2.8C2H6/c1-9-5-3-7-11-8-4-6-10(2)12(9)11;1-8-4-3-5-10-7-12-6-9(2)11(8)10;1-8-4-3-5-10-6-7-12-9(2)11(8)10;1-8-4-3-5-10-7-6-9(2)11(8)10;1-7-3-4-9-6-11-5-8(2)10(7)9;1-7-3-4-9-5-6-11-8(2)10(7)9;1-7-3-4-9-10(7)8(2)5-6-11-9;1-7-3-4-9-10-6-5-8(2)11(7)9;8*1-2/h3-8H,1-2H3;2*3-7H,1-2H3;3-5,7H,6H2,1-2H3;3*4-6H,3H2,1-2H3;3-6H,1-2H3;8*1-2H3. The lowest BCUT2D eigenvalue weighted by Crippen LogP contribution is -2.28. The molecule has 4 aliphatic carbocycles. The van der Waals surface area contributed by atoms with E-state index in [9.17, 15) is 0 Å². The molecule has 0 aliphatic heterocycles. The third-order valence-electron chi connectivity index (χ3n) is 17.6. The highest BCUT2D eigenvalue weighted by Gasteiger charge is 2.07. The largest absolute Gasteiger partial charge is 0.303 e. The fraction of sp³-hybridized carbons (Fsp3) is 0.360. The van der Waals surface area contributed by atoms with Gasteiger partial charge in [0, 0.05) is 93.6 Å². The van der Waals surface area contributed by atoms with Crippen molar-refractivity contribution in [2.24, 2.45) is 0 Å². The van der Waals surface area contributed by atoms with Gasteiger partial charge in [-0.05, 0) is 265 Å². The zero-order valence-corrected chi connectivity index (χ0v) is 72.5. The van der Waals surface area contributed by atoms with E-state index in [2.05, 4.69) is 285 Å². The lowest BCUT2D eigenvalue weighted by atomic mass is 10.0. The van der Waals surface area contributed by atoms with Gasteiger partial charge in [0.1, 0.15) is 5.65 Å². The third kappa shape index (κ3) is 27.2. The third-order valence-corrected chi connectivity index (χ3v) is 17.6. The first-order valence-corrected chi connectivity index (χ1v) is 39.9. The summed E-state index contributed by atoms with van der Waals surface area (Å²) >= 11 is 0. The molecule has 7 heteroatoms. The van der Waals surface area contributed by atoms with Crippen LogP contribution < -0.4 is 41.9 Å². The first-order chi connectivity index (χ1) is 51.8. The number of hydrogen-bond donors (Lipinski definition) is 0. The van der Waals surface area contributed by atoms with Crippen LogP contribution >= 0.6 is 0 Å². The monoisotopic (exact) mass is 1440 g/mol. The van der Waals surface area contributed by atoms with Crippen molar-refractivity contribution in [2.45, 2.75) is 247 Å². The van der Waals surface area contributed by atoms with E-state index in [4.69, 9.17) is 0 Å². The van der Waals surface area contributed by atoms with Gasteiger partial charge >= 0.3 is 0 Å². The Balaban J connectivity index is 0.000000595. The number of hydrogen-bond acceptors (Lipinski definition) is 6. The van der Waals surface area contributed by atoms with Crippen LogP contribution in [0.5, 0.6) is 0 Å². The van der Waals surface area contributed by atoms with Crippen molar-refractivity contribution in [3.8, 4) is 0 Å². The molecule has 0 atom stereocenters. The molecule has 0 unspecified atom stereocenters. The van der Waals surface area contributed by atoms with Crippen molar-refractivity contribution in [3.63, 3.8) is 0 Å². The Morgan fingerprint density at radius 3 is 1.13 bits per heavy atom. The Labute approximate surface area is 648 Å². The van der Waals surface area contributed by atoms with E-state index >= 15 is 0 Å². The molecule has 16 rings (SSSR count).